The number of piperidine rings is 1. The third-order valence-electron chi connectivity index (χ3n) is 5.33. The molecule has 2 aliphatic rings. The van der Waals surface area contributed by atoms with Gasteiger partial charge in [-0.25, -0.2) is 0 Å². The van der Waals surface area contributed by atoms with Gasteiger partial charge < -0.3 is 5.32 Å². The van der Waals surface area contributed by atoms with E-state index in [4.69, 9.17) is 0 Å². The fraction of sp³-hybridized carbons (Fsp3) is 0.526. The number of aromatic amines is 1. The van der Waals surface area contributed by atoms with Crippen LogP contribution in [0, 0.1) is 0 Å². The summed E-state index contributed by atoms with van der Waals surface area (Å²) in [5, 5.41) is 11.2. The van der Waals surface area contributed by atoms with E-state index < -0.39 is 0 Å². The SMILES string of the molecule is c1ccc(CN2CCC(NC3CCc4cn[nH]c4C3)CC2)cc1. The molecule has 0 amide bonds. The molecular weight excluding hydrogens is 284 g/mol. The van der Waals surface area contributed by atoms with Gasteiger partial charge in [0.05, 0.1) is 6.20 Å². The lowest BCUT2D eigenvalue weighted by atomic mass is 9.92. The lowest BCUT2D eigenvalue weighted by molar-refractivity contribution is 0.181. The number of H-pyrrole nitrogens is 1. The summed E-state index contributed by atoms with van der Waals surface area (Å²) in [5.74, 6) is 0. The minimum atomic E-state index is 0.619. The van der Waals surface area contributed by atoms with E-state index in [2.05, 4.69) is 50.7 Å². The molecular formula is C19H26N4. The fourth-order valence-corrected chi connectivity index (χ4v) is 3.98. The second-order valence-electron chi connectivity index (χ2n) is 7.02. The maximum absolute atomic E-state index is 4.18. The Morgan fingerprint density at radius 2 is 1.91 bits per heavy atom. The first kappa shape index (κ1) is 14.9. The summed E-state index contributed by atoms with van der Waals surface area (Å²) in [6, 6.07) is 12.1. The van der Waals surface area contributed by atoms with Crippen molar-refractivity contribution < 1.29 is 0 Å². The Morgan fingerprint density at radius 1 is 1.09 bits per heavy atom. The number of hydrogen-bond donors (Lipinski definition) is 2. The molecule has 23 heavy (non-hydrogen) atoms. The van der Waals surface area contributed by atoms with Crippen LogP contribution >= 0.6 is 0 Å². The van der Waals surface area contributed by atoms with Crippen molar-refractivity contribution >= 4 is 0 Å². The molecule has 1 aliphatic heterocycles. The average Bonchev–Trinajstić information content (AvgIpc) is 3.05. The summed E-state index contributed by atoms with van der Waals surface area (Å²) in [4.78, 5) is 2.58. The Bertz CT molecular complexity index is 613. The predicted octanol–water partition coefficient (Wildman–Crippen LogP) is 2.52. The fourth-order valence-electron chi connectivity index (χ4n) is 3.98. The minimum absolute atomic E-state index is 0.619. The van der Waals surface area contributed by atoms with Crippen LogP contribution in [0.25, 0.3) is 0 Å². The van der Waals surface area contributed by atoms with Gasteiger partial charge in [0, 0.05) is 30.7 Å². The molecule has 4 nitrogen and oxygen atoms in total. The molecule has 0 spiro atoms. The van der Waals surface area contributed by atoms with E-state index in [-0.39, 0.29) is 0 Å². The van der Waals surface area contributed by atoms with Crippen LogP contribution in [-0.2, 0) is 19.4 Å². The molecule has 4 rings (SSSR count). The largest absolute Gasteiger partial charge is 0.311 e. The lowest BCUT2D eigenvalue weighted by Crippen LogP contribution is -2.47. The molecule has 2 N–H and O–H groups in total. The number of likely N-dealkylation sites (tertiary alicyclic amines) is 1. The zero-order chi connectivity index (χ0) is 15.5. The van der Waals surface area contributed by atoms with Crippen molar-refractivity contribution in [1.82, 2.24) is 20.4 Å². The van der Waals surface area contributed by atoms with Crippen molar-refractivity contribution in [2.75, 3.05) is 13.1 Å². The van der Waals surface area contributed by atoms with Crippen molar-refractivity contribution in [3.63, 3.8) is 0 Å². The molecule has 1 saturated heterocycles. The molecule has 4 heteroatoms. The number of rotatable bonds is 4. The topological polar surface area (TPSA) is 44.0 Å². The molecule has 1 aromatic carbocycles. The van der Waals surface area contributed by atoms with Gasteiger partial charge in [0.2, 0.25) is 0 Å². The van der Waals surface area contributed by atoms with E-state index >= 15 is 0 Å². The maximum atomic E-state index is 4.18. The van der Waals surface area contributed by atoms with Crippen LogP contribution in [0.4, 0.5) is 0 Å². The number of fused-ring (bicyclic) bond motifs is 1. The standard InChI is InChI=1S/C19H26N4/c1-2-4-15(5-3-1)14-23-10-8-17(9-11-23)21-18-7-6-16-13-20-22-19(16)12-18/h1-5,13,17-18,21H,6-12,14H2,(H,20,22). The molecule has 1 fully saturated rings. The third kappa shape index (κ3) is 3.65. The number of hydrogen-bond acceptors (Lipinski definition) is 3. The number of nitrogens with one attached hydrogen (secondary N) is 2. The zero-order valence-corrected chi connectivity index (χ0v) is 13.7. The van der Waals surface area contributed by atoms with Crippen LogP contribution in [-0.4, -0.2) is 40.3 Å². The second-order valence-corrected chi connectivity index (χ2v) is 7.02. The highest BCUT2D eigenvalue weighted by Gasteiger charge is 2.25. The van der Waals surface area contributed by atoms with Crippen molar-refractivity contribution in [3.05, 3.63) is 53.3 Å². The van der Waals surface area contributed by atoms with Gasteiger partial charge in [0.25, 0.3) is 0 Å². The zero-order valence-electron chi connectivity index (χ0n) is 13.7. The summed E-state index contributed by atoms with van der Waals surface area (Å²) in [6.45, 7) is 3.50. The number of benzene rings is 1. The summed E-state index contributed by atoms with van der Waals surface area (Å²) < 4.78 is 0. The minimum Gasteiger partial charge on any atom is -0.311 e. The molecule has 122 valence electrons. The monoisotopic (exact) mass is 310 g/mol. The molecule has 1 aromatic heterocycles. The first-order chi connectivity index (χ1) is 11.4. The van der Waals surface area contributed by atoms with E-state index in [1.807, 2.05) is 6.20 Å². The van der Waals surface area contributed by atoms with Crippen molar-refractivity contribution in [2.45, 2.75) is 50.7 Å². The van der Waals surface area contributed by atoms with Gasteiger partial charge >= 0.3 is 0 Å². The van der Waals surface area contributed by atoms with Gasteiger partial charge in [-0.05, 0) is 49.9 Å². The molecule has 0 radical (unpaired) electrons. The number of aryl methyl sites for hydroxylation is 1. The Kier molecular flexibility index (Phi) is 4.44. The molecule has 1 atom stereocenters. The van der Waals surface area contributed by atoms with Gasteiger partial charge in [-0.2, -0.15) is 5.10 Å². The van der Waals surface area contributed by atoms with Crippen LogP contribution in [0.15, 0.2) is 36.5 Å². The van der Waals surface area contributed by atoms with Crippen molar-refractivity contribution in [3.8, 4) is 0 Å². The Balaban J connectivity index is 1.24. The highest BCUT2D eigenvalue weighted by molar-refractivity contribution is 5.21. The average molecular weight is 310 g/mol. The highest BCUT2D eigenvalue weighted by atomic mass is 15.1. The summed E-state index contributed by atoms with van der Waals surface area (Å²) >= 11 is 0. The van der Waals surface area contributed by atoms with Crippen LogP contribution in [0.2, 0.25) is 0 Å². The maximum Gasteiger partial charge on any atom is 0.0522 e. The van der Waals surface area contributed by atoms with E-state index in [1.165, 1.54) is 49.2 Å². The van der Waals surface area contributed by atoms with Gasteiger partial charge in [-0.3, -0.25) is 10.00 Å². The molecule has 0 saturated carbocycles. The molecule has 0 bridgehead atoms. The van der Waals surface area contributed by atoms with Gasteiger partial charge in [0.15, 0.2) is 0 Å². The highest BCUT2D eigenvalue weighted by Crippen LogP contribution is 2.21. The lowest BCUT2D eigenvalue weighted by Gasteiger charge is -2.35. The van der Waals surface area contributed by atoms with Crippen LogP contribution in [0.3, 0.4) is 0 Å². The van der Waals surface area contributed by atoms with E-state index in [1.54, 1.807) is 0 Å². The molecule has 2 heterocycles. The first-order valence-corrected chi connectivity index (χ1v) is 8.90. The predicted molar refractivity (Wildman–Crippen MR) is 92.3 cm³/mol. The summed E-state index contributed by atoms with van der Waals surface area (Å²) in [7, 11) is 0. The van der Waals surface area contributed by atoms with Crippen molar-refractivity contribution in [2.24, 2.45) is 0 Å². The normalized spacial score (nSPS) is 22.9. The smallest absolute Gasteiger partial charge is 0.0522 e. The Hall–Kier alpha value is -1.65. The van der Waals surface area contributed by atoms with Gasteiger partial charge in [-0.15, -0.1) is 0 Å². The van der Waals surface area contributed by atoms with E-state index in [0.717, 1.165) is 19.4 Å². The third-order valence-corrected chi connectivity index (χ3v) is 5.33. The van der Waals surface area contributed by atoms with Crippen LogP contribution < -0.4 is 5.32 Å². The summed E-state index contributed by atoms with van der Waals surface area (Å²) in [5.41, 5.74) is 4.19. The van der Waals surface area contributed by atoms with Crippen LogP contribution in [0.5, 0.6) is 0 Å². The molecule has 1 unspecified atom stereocenters. The molecule has 1 aliphatic carbocycles. The molecule has 2 aromatic rings. The second kappa shape index (κ2) is 6.85. The summed E-state index contributed by atoms with van der Waals surface area (Å²) in [6.07, 6.45) is 8.04. The van der Waals surface area contributed by atoms with Gasteiger partial charge in [0.1, 0.15) is 0 Å². The number of aromatic nitrogens is 2. The number of nitrogens with zero attached hydrogens (tertiary/aromatic N) is 2. The first-order valence-electron chi connectivity index (χ1n) is 8.90. The van der Waals surface area contributed by atoms with E-state index in [9.17, 15) is 0 Å². The van der Waals surface area contributed by atoms with Crippen molar-refractivity contribution in [1.29, 1.82) is 0 Å². The quantitative estimate of drug-likeness (QED) is 0.912. The van der Waals surface area contributed by atoms with Crippen LogP contribution in [0.1, 0.15) is 36.1 Å². The Morgan fingerprint density at radius 3 is 2.74 bits per heavy atom. The Labute approximate surface area is 138 Å². The van der Waals surface area contributed by atoms with E-state index in [0.29, 0.717) is 12.1 Å². The van der Waals surface area contributed by atoms with Gasteiger partial charge in [-0.1, -0.05) is 30.3 Å².